The molecule has 1 aliphatic rings. The van der Waals surface area contributed by atoms with Gasteiger partial charge in [0.1, 0.15) is 0 Å². The number of nitrogens with one attached hydrogen (secondary N) is 1. The molecule has 2 aromatic rings. The van der Waals surface area contributed by atoms with E-state index in [1.165, 1.54) is 31.4 Å². The molecular formula is C24H36BrClN2O5S. The van der Waals surface area contributed by atoms with Gasteiger partial charge in [0, 0.05) is 10.2 Å². The first-order valence-corrected chi connectivity index (χ1v) is 13.2. The third-order valence-electron chi connectivity index (χ3n) is 5.56. The van der Waals surface area contributed by atoms with Crippen LogP contribution in [0.4, 0.5) is 5.69 Å². The monoisotopic (exact) mass is 578 g/mol. The summed E-state index contributed by atoms with van der Waals surface area (Å²) in [6.07, 6.45) is 5.72. The highest BCUT2D eigenvalue weighted by Crippen LogP contribution is 2.23. The number of benzene rings is 2. The molecule has 34 heavy (non-hydrogen) atoms. The Balaban J connectivity index is 0.000000716. The summed E-state index contributed by atoms with van der Waals surface area (Å²) in [5.74, 6) is 0.170. The van der Waals surface area contributed by atoms with Crippen molar-refractivity contribution >= 4 is 50.0 Å². The van der Waals surface area contributed by atoms with Gasteiger partial charge in [0.15, 0.2) is 0 Å². The number of aryl methyl sites for hydroxylation is 2. The third-order valence-corrected chi connectivity index (χ3v) is 6.95. The largest absolute Gasteiger partial charge is 0.412 e. The van der Waals surface area contributed by atoms with Crippen LogP contribution in [0, 0.1) is 13.8 Å². The molecule has 0 saturated carbocycles. The second-order valence-corrected chi connectivity index (χ2v) is 10.4. The Labute approximate surface area is 217 Å². The van der Waals surface area contributed by atoms with Crippen LogP contribution in [0.2, 0.25) is 0 Å². The van der Waals surface area contributed by atoms with Crippen molar-refractivity contribution in [1.82, 2.24) is 4.90 Å². The van der Waals surface area contributed by atoms with Crippen LogP contribution in [0.5, 0.6) is 0 Å². The molecule has 7 nitrogen and oxygen atoms in total. The molecule has 1 amide bonds. The first kappa shape index (κ1) is 32.5. The molecule has 3 rings (SSSR count). The summed E-state index contributed by atoms with van der Waals surface area (Å²) in [5.41, 5.74) is 3.27. The summed E-state index contributed by atoms with van der Waals surface area (Å²) in [7, 11) is -4.04. The van der Waals surface area contributed by atoms with Crippen LogP contribution < -0.4 is 5.32 Å². The number of carbonyl (C=O) groups excluding carboxylic acids is 1. The fraction of sp³-hybridized carbons (Fsp3) is 0.458. The summed E-state index contributed by atoms with van der Waals surface area (Å²) in [6, 6.07) is 11.9. The predicted octanol–water partition coefficient (Wildman–Crippen LogP) is 5.19. The maximum Gasteiger partial charge on any atom is 0.294 e. The number of amides is 1. The number of hydrogen-bond donors (Lipinski definition) is 2. The molecule has 1 atom stereocenters. The Morgan fingerprint density at radius 3 is 2.24 bits per heavy atom. The summed E-state index contributed by atoms with van der Waals surface area (Å²) in [4.78, 5) is 15.0. The summed E-state index contributed by atoms with van der Waals surface area (Å²) in [6.45, 7) is 8.42. The molecule has 1 aliphatic heterocycles. The maximum absolute atomic E-state index is 12.7. The van der Waals surface area contributed by atoms with Gasteiger partial charge in [-0.15, -0.1) is 12.4 Å². The first-order chi connectivity index (χ1) is 15.1. The van der Waals surface area contributed by atoms with E-state index in [1.807, 2.05) is 6.07 Å². The molecule has 0 aromatic heterocycles. The maximum atomic E-state index is 12.7. The molecule has 0 aliphatic carbocycles. The van der Waals surface area contributed by atoms with Crippen molar-refractivity contribution in [1.29, 1.82) is 0 Å². The number of likely N-dealkylation sites (tertiary alicyclic amines) is 1. The van der Waals surface area contributed by atoms with Gasteiger partial charge in [0.25, 0.3) is 10.1 Å². The van der Waals surface area contributed by atoms with Crippen molar-refractivity contribution in [2.45, 2.75) is 63.8 Å². The van der Waals surface area contributed by atoms with Crippen LogP contribution in [0.25, 0.3) is 0 Å². The molecule has 192 valence electrons. The summed E-state index contributed by atoms with van der Waals surface area (Å²) >= 11 is 3.14. The second-order valence-electron chi connectivity index (χ2n) is 8.09. The van der Waals surface area contributed by atoms with Crippen molar-refractivity contribution < 1.29 is 23.2 Å². The van der Waals surface area contributed by atoms with Crippen LogP contribution in [0.3, 0.4) is 0 Å². The smallest absolute Gasteiger partial charge is 0.294 e. The Morgan fingerprint density at radius 1 is 1.12 bits per heavy atom. The van der Waals surface area contributed by atoms with Gasteiger partial charge in [-0.2, -0.15) is 8.42 Å². The minimum absolute atomic E-state index is 0. The van der Waals surface area contributed by atoms with E-state index in [0.29, 0.717) is 0 Å². The molecule has 4 N–H and O–H groups in total. The van der Waals surface area contributed by atoms with Crippen molar-refractivity contribution in [2.75, 3.05) is 18.4 Å². The highest BCUT2D eigenvalue weighted by atomic mass is 79.9. The quantitative estimate of drug-likeness (QED) is 0.457. The minimum Gasteiger partial charge on any atom is -0.412 e. The van der Waals surface area contributed by atoms with Gasteiger partial charge in [0.2, 0.25) is 5.91 Å². The molecular weight excluding hydrogens is 544 g/mol. The Bertz CT molecular complexity index is 983. The van der Waals surface area contributed by atoms with Crippen LogP contribution in [-0.2, 0) is 14.9 Å². The third kappa shape index (κ3) is 10.0. The fourth-order valence-electron chi connectivity index (χ4n) is 3.74. The number of carbonyl (C=O) groups is 1. The van der Waals surface area contributed by atoms with Crippen LogP contribution in [0.1, 0.15) is 50.2 Å². The molecule has 10 heteroatoms. The number of nitrogens with zero attached hydrogens (tertiary/aromatic N) is 1. The topological polar surface area (TPSA) is 118 Å². The van der Waals surface area contributed by atoms with Gasteiger partial charge in [-0.25, -0.2) is 0 Å². The fourth-order valence-corrected chi connectivity index (χ4v) is 4.49. The number of unbranched alkanes of at least 4 members (excludes halogenated alkanes) is 1. The van der Waals surface area contributed by atoms with Gasteiger partial charge in [0.05, 0.1) is 10.9 Å². The van der Waals surface area contributed by atoms with Gasteiger partial charge in [-0.1, -0.05) is 53.9 Å². The molecule has 1 saturated heterocycles. The molecule has 1 fully saturated rings. The zero-order chi connectivity index (χ0) is 23.7. The Morgan fingerprint density at radius 2 is 1.71 bits per heavy atom. The number of para-hydroxylation sites is 1. The van der Waals surface area contributed by atoms with E-state index >= 15 is 0 Å². The number of piperidine rings is 1. The zero-order valence-electron chi connectivity index (χ0n) is 19.9. The second kappa shape index (κ2) is 15.5. The number of halogens is 2. The van der Waals surface area contributed by atoms with Gasteiger partial charge >= 0.3 is 0 Å². The molecule has 0 radical (unpaired) electrons. The molecule has 0 spiro atoms. The SMILES string of the molecule is CCCCN1CCCCC1C(=O)Nc1c(C)cccc1C.Cl.O.O=S(=O)(O)c1ccc(Br)cc1. The lowest BCUT2D eigenvalue weighted by Gasteiger charge is -2.34. The van der Waals surface area contributed by atoms with E-state index in [-0.39, 0.29) is 34.7 Å². The van der Waals surface area contributed by atoms with E-state index in [4.69, 9.17) is 4.55 Å². The van der Waals surface area contributed by atoms with Crippen LogP contribution in [0.15, 0.2) is 51.8 Å². The van der Waals surface area contributed by atoms with Crippen LogP contribution in [-0.4, -0.2) is 48.4 Å². The van der Waals surface area contributed by atoms with Gasteiger partial charge in [-0.3, -0.25) is 14.2 Å². The van der Waals surface area contributed by atoms with Crippen molar-refractivity contribution in [3.05, 3.63) is 58.1 Å². The predicted molar refractivity (Wildman–Crippen MR) is 143 cm³/mol. The van der Waals surface area contributed by atoms with E-state index in [9.17, 15) is 13.2 Å². The lowest BCUT2D eigenvalue weighted by Crippen LogP contribution is -2.47. The number of rotatable bonds is 6. The number of anilines is 1. The standard InChI is InChI=1S/C18H28N2O.C6H5BrO3S.ClH.H2O/c1-4-5-12-20-13-7-6-11-16(20)18(21)19-17-14(2)9-8-10-15(17)3;7-5-1-3-6(4-2-5)11(8,9)10;;/h8-10,16H,4-7,11-13H2,1-3H3,(H,19,21);1-4H,(H,8,9,10);1H;1H2. The zero-order valence-corrected chi connectivity index (χ0v) is 23.1. The van der Waals surface area contributed by atoms with Crippen molar-refractivity contribution in [3.63, 3.8) is 0 Å². The highest BCUT2D eigenvalue weighted by molar-refractivity contribution is 9.10. The van der Waals surface area contributed by atoms with E-state index in [1.54, 1.807) is 12.1 Å². The molecule has 0 bridgehead atoms. The highest BCUT2D eigenvalue weighted by Gasteiger charge is 2.28. The minimum atomic E-state index is -4.04. The Kier molecular flexibility index (Phi) is 14.8. The average molecular weight is 580 g/mol. The average Bonchev–Trinajstić information content (AvgIpc) is 2.75. The van der Waals surface area contributed by atoms with E-state index in [2.05, 4.69) is 59.1 Å². The normalized spacial score (nSPS) is 15.7. The number of hydrogen-bond acceptors (Lipinski definition) is 4. The van der Waals surface area contributed by atoms with Crippen LogP contribution >= 0.6 is 28.3 Å². The summed E-state index contributed by atoms with van der Waals surface area (Å²) < 4.78 is 30.3. The Hall–Kier alpha value is -1.49. The lowest BCUT2D eigenvalue weighted by molar-refractivity contribution is -0.122. The van der Waals surface area contributed by atoms with Gasteiger partial charge < -0.3 is 10.8 Å². The molecule has 1 heterocycles. The molecule has 1 unspecified atom stereocenters. The molecule has 2 aromatic carbocycles. The summed E-state index contributed by atoms with van der Waals surface area (Å²) in [5, 5.41) is 3.17. The van der Waals surface area contributed by atoms with E-state index in [0.717, 1.165) is 47.2 Å². The van der Waals surface area contributed by atoms with Crippen molar-refractivity contribution in [2.24, 2.45) is 0 Å². The lowest BCUT2D eigenvalue weighted by atomic mass is 10.00. The first-order valence-electron chi connectivity index (χ1n) is 11.0. The van der Waals surface area contributed by atoms with Crippen molar-refractivity contribution in [3.8, 4) is 0 Å². The van der Waals surface area contributed by atoms with E-state index < -0.39 is 10.1 Å². The van der Waals surface area contributed by atoms with Gasteiger partial charge in [-0.05, 0) is 81.6 Å².